The molecule has 0 aliphatic heterocycles. The average Bonchev–Trinajstić information content (AvgIpc) is 2.07. The molecular formula is C11H15ClIN. The SMILES string of the molecule is CC(C)(C)[C@H](N)c1ccc(Cl)c(I)c1. The van der Waals surface area contributed by atoms with E-state index in [2.05, 4.69) is 49.4 Å². The number of hydrogen-bond acceptors (Lipinski definition) is 1. The Morgan fingerprint density at radius 2 is 1.93 bits per heavy atom. The molecular weight excluding hydrogens is 308 g/mol. The van der Waals surface area contributed by atoms with Crippen LogP contribution in [0.1, 0.15) is 32.4 Å². The first-order chi connectivity index (χ1) is 6.32. The molecule has 78 valence electrons. The minimum Gasteiger partial charge on any atom is -0.324 e. The standard InChI is InChI=1S/C11H15ClIN/c1-11(2,3)10(14)7-4-5-8(12)9(13)6-7/h4-6,10H,14H2,1-3H3/t10-/m1/s1. The fourth-order valence-corrected chi connectivity index (χ4v) is 1.86. The van der Waals surface area contributed by atoms with Crippen molar-refractivity contribution in [3.63, 3.8) is 0 Å². The highest BCUT2D eigenvalue weighted by Crippen LogP contribution is 2.32. The Morgan fingerprint density at radius 1 is 1.36 bits per heavy atom. The molecule has 0 amide bonds. The van der Waals surface area contributed by atoms with Crippen LogP contribution >= 0.6 is 34.2 Å². The summed E-state index contributed by atoms with van der Waals surface area (Å²) in [4.78, 5) is 0. The van der Waals surface area contributed by atoms with Gasteiger partial charge in [-0.3, -0.25) is 0 Å². The second-order valence-electron chi connectivity index (χ2n) is 4.52. The van der Waals surface area contributed by atoms with Crippen molar-refractivity contribution < 1.29 is 0 Å². The van der Waals surface area contributed by atoms with Crippen molar-refractivity contribution >= 4 is 34.2 Å². The van der Waals surface area contributed by atoms with Gasteiger partial charge in [-0.15, -0.1) is 0 Å². The Balaban J connectivity index is 3.03. The third-order valence-electron chi connectivity index (χ3n) is 2.24. The van der Waals surface area contributed by atoms with Crippen LogP contribution in [0.15, 0.2) is 18.2 Å². The predicted octanol–water partition coefficient (Wildman–Crippen LogP) is 3.99. The van der Waals surface area contributed by atoms with Crippen molar-refractivity contribution in [2.75, 3.05) is 0 Å². The largest absolute Gasteiger partial charge is 0.324 e. The highest BCUT2D eigenvalue weighted by Gasteiger charge is 2.22. The summed E-state index contributed by atoms with van der Waals surface area (Å²) < 4.78 is 1.06. The van der Waals surface area contributed by atoms with Gasteiger partial charge in [0.15, 0.2) is 0 Å². The van der Waals surface area contributed by atoms with E-state index >= 15 is 0 Å². The van der Waals surface area contributed by atoms with Gasteiger partial charge in [0.25, 0.3) is 0 Å². The maximum atomic E-state index is 6.14. The maximum Gasteiger partial charge on any atom is 0.0539 e. The Labute approximate surface area is 104 Å². The van der Waals surface area contributed by atoms with E-state index < -0.39 is 0 Å². The van der Waals surface area contributed by atoms with Gasteiger partial charge < -0.3 is 5.73 Å². The Kier molecular flexibility index (Phi) is 3.83. The van der Waals surface area contributed by atoms with Crippen LogP contribution in [0.2, 0.25) is 5.02 Å². The second-order valence-corrected chi connectivity index (χ2v) is 6.09. The molecule has 0 fully saturated rings. The van der Waals surface area contributed by atoms with E-state index in [1.807, 2.05) is 12.1 Å². The zero-order chi connectivity index (χ0) is 10.9. The molecule has 1 aromatic rings. The van der Waals surface area contributed by atoms with Crippen molar-refractivity contribution in [3.8, 4) is 0 Å². The first kappa shape index (κ1) is 12.3. The monoisotopic (exact) mass is 323 g/mol. The van der Waals surface area contributed by atoms with Crippen LogP contribution in [0.4, 0.5) is 0 Å². The van der Waals surface area contributed by atoms with Crippen LogP contribution in [-0.2, 0) is 0 Å². The molecule has 3 heteroatoms. The van der Waals surface area contributed by atoms with E-state index in [9.17, 15) is 0 Å². The fourth-order valence-electron chi connectivity index (χ4n) is 1.21. The van der Waals surface area contributed by atoms with Gasteiger partial charge in [0.2, 0.25) is 0 Å². The molecule has 1 nitrogen and oxygen atoms in total. The van der Waals surface area contributed by atoms with Crippen LogP contribution < -0.4 is 5.73 Å². The summed E-state index contributed by atoms with van der Waals surface area (Å²) in [6, 6.07) is 6.01. The lowest BCUT2D eigenvalue weighted by Gasteiger charge is -2.27. The highest BCUT2D eigenvalue weighted by molar-refractivity contribution is 14.1. The Morgan fingerprint density at radius 3 is 2.36 bits per heavy atom. The summed E-state index contributed by atoms with van der Waals surface area (Å²) in [6.07, 6.45) is 0. The zero-order valence-corrected chi connectivity index (χ0v) is 11.6. The molecule has 0 radical (unpaired) electrons. The maximum absolute atomic E-state index is 6.14. The second kappa shape index (κ2) is 4.37. The van der Waals surface area contributed by atoms with Crippen LogP contribution in [-0.4, -0.2) is 0 Å². The van der Waals surface area contributed by atoms with E-state index in [4.69, 9.17) is 17.3 Å². The van der Waals surface area contributed by atoms with Crippen molar-refractivity contribution in [2.24, 2.45) is 11.1 Å². The molecule has 0 aliphatic rings. The molecule has 0 bridgehead atoms. The normalized spacial score (nSPS) is 14.1. The quantitative estimate of drug-likeness (QED) is 0.777. The van der Waals surface area contributed by atoms with Crippen LogP contribution in [0.5, 0.6) is 0 Å². The van der Waals surface area contributed by atoms with Gasteiger partial charge in [0.05, 0.1) is 5.02 Å². The molecule has 0 heterocycles. The summed E-state index contributed by atoms with van der Waals surface area (Å²) in [5.41, 5.74) is 7.37. The first-order valence-corrected chi connectivity index (χ1v) is 5.98. The predicted molar refractivity (Wildman–Crippen MR) is 70.6 cm³/mol. The van der Waals surface area contributed by atoms with Crippen molar-refractivity contribution in [1.82, 2.24) is 0 Å². The van der Waals surface area contributed by atoms with Crippen molar-refractivity contribution in [2.45, 2.75) is 26.8 Å². The molecule has 1 atom stereocenters. The minimum atomic E-state index is 0.0493. The summed E-state index contributed by atoms with van der Waals surface area (Å²) in [5, 5.41) is 0.787. The van der Waals surface area contributed by atoms with Crippen molar-refractivity contribution in [3.05, 3.63) is 32.4 Å². The van der Waals surface area contributed by atoms with Gasteiger partial charge in [-0.05, 0) is 45.7 Å². The van der Waals surface area contributed by atoms with E-state index in [1.54, 1.807) is 0 Å². The molecule has 2 N–H and O–H groups in total. The topological polar surface area (TPSA) is 26.0 Å². The smallest absolute Gasteiger partial charge is 0.0539 e. The molecule has 0 unspecified atom stereocenters. The average molecular weight is 324 g/mol. The molecule has 0 saturated heterocycles. The molecule has 0 saturated carbocycles. The van der Waals surface area contributed by atoms with Crippen LogP contribution in [0.25, 0.3) is 0 Å². The van der Waals surface area contributed by atoms with Gasteiger partial charge in [-0.2, -0.15) is 0 Å². The number of nitrogens with two attached hydrogens (primary N) is 1. The van der Waals surface area contributed by atoms with Crippen molar-refractivity contribution in [1.29, 1.82) is 0 Å². The number of hydrogen-bond donors (Lipinski definition) is 1. The fraction of sp³-hybridized carbons (Fsp3) is 0.455. The van der Waals surface area contributed by atoms with Gasteiger partial charge >= 0.3 is 0 Å². The molecule has 14 heavy (non-hydrogen) atoms. The number of rotatable bonds is 1. The van der Waals surface area contributed by atoms with E-state index in [-0.39, 0.29) is 11.5 Å². The first-order valence-electron chi connectivity index (χ1n) is 4.53. The van der Waals surface area contributed by atoms with Gasteiger partial charge in [-0.1, -0.05) is 38.4 Å². The van der Waals surface area contributed by atoms with Crippen LogP contribution in [0, 0.1) is 8.99 Å². The summed E-state index contributed by atoms with van der Waals surface area (Å²) in [7, 11) is 0. The van der Waals surface area contributed by atoms with Crippen LogP contribution in [0.3, 0.4) is 0 Å². The lowest BCUT2D eigenvalue weighted by molar-refractivity contribution is 0.327. The summed E-state index contributed by atoms with van der Waals surface area (Å²) in [6.45, 7) is 6.41. The van der Waals surface area contributed by atoms with E-state index in [1.165, 1.54) is 0 Å². The summed E-state index contributed by atoms with van der Waals surface area (Å²) >= 11 is 8.18. The number of halogens is 2. The van der Waals surface area contributed by atoms with E-state index in [0.717, 1.165) is 14.2 Å². The molecule has 0 spiro atoms. The number of benzene rings is 1. The third kappa shape index (κ3) is 2.84. The molecule has 1 aromatic carbocycles. The Bertz CT molecular complexity index is 331. The van der Waals surface area contributed by atoms with E-state index in [0.29, 0.717) is 0 Å². The molecule has 0 aromatic heterocycles. The van der Waals surface area contributed by atoms with Gasteiger partial charge in [0.1, 0.15) is 0 Å². The highest BCUT2D eigenvalue weighted by atomic mass is 127. The molecule has 1 rings (SSSR count). The Hall–Kier alpha value is 0.200. The van der Waals surface area contributed by atoms with Gasteiger partial charge in [0, 0.05) is 9.61 Å². The lowest BCUT2D eigenvalue weighted by Crippen LogP contribution is -2.26. The zero-order valence-electron chi connectivity index (χ0n) is 8.64. The molecule has 0 aliphatic carbocycles. The minimum absolute atomic E-state index is 0.0493. The third-order valence-corrected chi connectivity index (χ3v) is 3.78. The van der Waals surface area contributed by atoms with Gasteiger partial charge in [-0.25, -0.2) is 0 Å². The summed E-state index contributed by atoms with van der Waals surface area (Å²) in [5.74, 6) is 0. The lowest BCUT2D eigenvalue weighted by atomic mass is 9.83.